The Morgan fingerprint density at radius 1 is 1.27 bits per heavy atom. The summed E-state index contributed by atoms with van der Waals surface area (Å²) < 4.78 is 65.5. The van der Waals surface area contributed by atoms with Crippen molar-refractivity contribution in [3.63, 3.8) is 0 Å². The van der Waals surface area contributed by atoms with Crippen LogP contribution in [0.4, 0.5) is 36.2 Å². The second-order valence-electron chi connectivity index (χ2n) is 7.31. The van der Waals surface area contributed by atoms with Gasteiger partial charge in [-0.15, -0.1) is 10.2 Å². The molecule has 0 saturated heterocycles. The van der Waals surface area contributed by atoms with Gasteiger partial charge in [-0.3, -0.25) is 4.72 Å². The van der Waals surface area contributed by atoms with Gasteiger partial charge in [-0.05, 0) is 44.4 Å². The summed E-state index contributed by atoms with van der Waals surface area (Å²) in [6.07, 6.45) is 1.41. The summed E-state index contributed by atoms with van der Waals surface area (Å²) in [5.74, 6) is -0.144. The number of anilines is 2. The highest BCUT2D eigenvalue weighted by molar-refractivity contribution is 7.93. The summed E-state index contributed by atoms with van der Waals surface area (Å²) in [6.45, 7) is 4.43. The van der Waals surface area contributed by atoms with Gasteiger partial charge in [0, 0.05) is 25.3 Å². The number of fused-ring (bicyclic) bond motifs is 1. The quantitative estimate of drug-likeness (QED) is 0.642. The number of hydrogen-bond donors (Lipinski definition) is 1. The van der Waals surface area contributed by atoms with Gasteiger partial charge in [0.1, 0.15) is 17.8 Å². The Labute approximate surface area is 188 Å². The monoisotopic (exact) mass is 480 g/mol. The molecule has 3 rings (SSSR count). The first-order valence-corrected chi connectivity index (χ1v) is 11.2. The van der Waals surface area contributed by atoms with Crippen molar-refractivity contribution >= 4 is 33.0 Å². The van der Waals surface area contributed by atoms with Crippen molar-refractivity contribution < 1.29 is 21.6 Å². The van der Waals surface area contributed by atoms with E-state index in [1.165, 1.54) is 23.7 Å². The number of alkyl halides is 3. The molecule has 1 aliphatic rings. The molecule has 1 N–H and O–H groups in total. The lowest BCUT2D eigenvalue weighted by molar-refractivity contribution is -0.0429. The summed E-state index contributed by atoms with van der Waals surface area (Å²) >= 11 is 0. The number of aryl methyl sites for hydroxylation is 1. The molecule has 0 saturated carbocycles. The normalized spacial score (nSPS) is 16.4. The van der Waals surface area contributed by atoms with Crippen LogP contribution in [-0.2, 0) is 23.5 Å². The van der Waals surface area contributed by atoms with Crippen LogP contribution in [0.15, 0.2) is 22.4 Å². The van der Waals surface area contributed by atoms with E-state index in [2.05, 4.69) is 15.2 Å². The molecule has 2 aromatic rings. The first kappa shape index (κ1) is 24.0. The minimum absolute atomic E-state index is 0.0672. The smallest absolute Gasteiger partial charge is 0.369 e. The molecule has 10 nitrogen and oxygen atoms in total. The summed E-state index contributed by atoms with van der Waals surface area (Å²) in [4.78, 5) is 5.83. The molecule has 1 unspecified atom stereocenters. The van der Waals surface area contributed by atoms with E-state index in [0.29, 0.717) is 18.7 Å². The predicted molar refractivity (Wildman–Crippen MR) is 113 cm³/mol. The lowest BCUT2D eigenvalue weighted by atomic mass is 9.95. The van der Waals surface area contributed by atoms with Gasteiger partial charge in [-0.2, -0.15) is 37.1 Å². The van der Waals surface area contributed by atoms with Crippen LogP contribution in [0.5, 0.6) is 0 Å². The van der Waals surface area contributed by atoms with Gasteiger partial charge in [0.05, 0.1) is 5.69 Å². The molecule has 174 valence electrons. The molecule has 0 radical (unpaired) electrons. The molecule has 1 aromatic carbocycles. The van der Waals surface area contributed by atoms with Crippen LogP contribution in [0.2, 0.25) is 0 Å². The first-order valence-electron chi connectivity index (χ1n) is 9.74. The third-order valence-electron chi connectivity index (χ3n) is 5.29. The maximum absolute atomic E-state index is 13.0. The highest BCUT2D eigenvalue weighted by atomic mass is 32.2. The van der Waals surface area contributed by atoms with Gasteiger partial charge in [0.15, 0.2) is 11.4 Å². The molecule has 33 heavy (non-hydrogen) atoms. The van der Waals surface area contributed by atoms with Crippen molar-refractivity contribution in [1.29, 1.82) is 10.5 Å². The molecular formula is C19H19F3N8O2S. The minimum atomic E-state index is -5.72. The number of nitriles is 2. The maximum Gasteiger partial charge on any atom is 0.516 e. The van der Waals surface area contributed by atoms with Crippen LogP contribution in [0.1, 0.15) is 37.2 Å². The average molecular weight is 480 g/mol. The minimum Gasteiger partial charge on any atom is -0.369 e. The molecule has 14 heteroatoms. The Hall–Kier alpha value is -3.65. The zero-order valence-corrected chi connectivity index (χ0v) is 18.7. The number of nitrogens with zero attached hydrogens (tertiary/aromatic N) is 7. The number of benzene rings is 1. The van der Waals surface area contributed by atoms with Gasteiger partial charge in [-0.25, -0.2) is 0 Å². The van der Waals surface area contributed by atoms with Crippen molar-refractivity contribution in [3.8, 4) is 12.1 Å². The van der Waals surface area contributed by atoms with Crippen LogP contribution < -0.4 is 9.62 Å². The summed E-state index contributed by atoms with van der Waals surface area (Å²) in [6, 6.07) is 6.44. The van der Waals surface area contributed by atoms with E-state index in [0.717, 1.165) is 12.0 Å². The van der Waals surface area contributed by atoms with Crippen LogP contribution in [0.25, 0.3) is 0 Å². The van der Waals surface area contributed by atoms with E-state index in [4.69, 9.17) is 10.5 Å². The second-order valence-corrected chi connectivity index (χ2v) is 8.99. The lowest BCUT2D eigenvalue weighted by Gasteiger charge is -2.36. The first-order chi connectivity index (χ1) is 15.4. The number of nitrogens with one attached hydrogen (secondary N) is 1. The molecular weight excluding hydrogens is 461 g/mol. The molecule has 0 amide bonds. The zero-order chi connectivity index (χ0) is 24.6. The lowest BCUT2D eigenvalue weighted by Crippen LogP contribution is -2.37. The van der Waals surface area contributed by atoms with E-state index in [1.807, 2.05) is 18.7 Å². The van der Waals surface area contributed by atoms with Crippen LogP contribution in [0, 0.1) is 22.7 Å². The number of hydrogen-bond acceptors (Lipinski definition) is 8. The van der Waals surface area contributed by atoms with Crippen LogP contribution in [-0.4, -0.2) is 36.1 Å². The van der Waals surface area contributed by atoms with Gasteiger partial charge < -0.3 is 9.47 Å². The van der Waals surface area contributed by atoms with Gasteiger partial charge in [0.2, 0.25) is 0 Å². The molecule has 1 aromatic heterocycles. The maximum atomic E-state index is 13.0. The summed E-state index contributed by atoms with van der Waals surface area (Å²) in [7, 11) is -4.30. The number of rotatable bonds is 5. The van der Waals surface area contributed by atoms with Gasteiger partial charge in [-0.1, -0.05) is 0 Å². The van der Waals surface area contributed by atoms with Crippen molar-refractivity contribution in [2.45, 2.75) is 38.2 Å². The van der Waals surface area contributed by atoms with E-state index >= 15 is 0 Å². The molecule has 1 aliphatic heterocycles. The number of aromatic nitrogens is 2. The summed E-state index contributed by atoms with van der Waals surface area (Å²) in [5, 5.41) is 26.0. The Kier molecular flexibility index (Phi) is 6.33. The average Bonchev–Trinajstić information content (AvgIpc) is 3.05. The number of azo groups is 1. The fourth-order valence-electron chi connectivity index (χ4n) is 3.58. The fourth-order valence-corrected chi connectivity index (χ4v) is 4.14. The molecule has 0 aliphatic carbocycles. The standard InChI is InChI=1S/C19H19F3N8O2S/c1-4-30-11(2)5-6-12-7-13(14(8-16(12)30)28-33(31,32)19(20,21)22)26-27-18-25-15(9-23)17(10-24)29(18)3/h7-8,11,28H,4-6H2,1-3H3. The Balaban J connectivity index is 2.14. The van der Waals surface area contributed by atoms with Gasteiger partial charge >= 0.3 is 15.5 Å². The number of imidazole rings is 1. The zero-order valence-electron chi connectivity index (χ0n) is 17.8. The van der Waals surface area contributed by atoms with E-state index < -0.39 is 21.2 Å². The Morgan fingerprint density at radius 2 is 1.97 bits per heavy atom. The van der Waals surface area contributed by atoms with Crippen LogP contribution >= 0.6 is 0 Å². The molecule has 1 atom stereocenters. The van der Waals surface area contributed by atoms with E-state index in [-0.39, 0.29) is 29.1 Å². The number of sulfonamides is 1. The Bertz CT molecular complexity index is 1300. The van der Waals surface area contributed by atoms with Crippen molar-refractivity contribution in [2.75, 3.05) is 16.2 Å². The number of halogens is 3. The van der Waals surface area contributed by atoms with Crippen LogP contribution in [0.3, 0.4) is 0 Å². The predicted octanol–water partition coefficient (Wildman–Crippen LogP) is 4.00. The fraction of sp³-hybridized carbons (Fsp3) is 0.421. The van der Waals surface area contributed by atoms with Crippen molar-refractivity contribution in [3.05, 3.63) is 29.1 Å². The van der Waals surface area contributed by atoms with Crippen molar-refractivity contribution in [2.24, 2.45) is 17.3 Å². The SMILES string of the molecule is CCN1c2cc(NS(=O)(=O)C(F)(F)F)c(N=Nc3nc(C#N)c(C#N)n3C)cc2CCC1C. The third-order valence-corrected chi connectivity index (χ3v) is 6.39. The molecule has 0 fully saturated rings. The second kappa shape index (κ2) is 8.71. The largest absolute Gasteiger partial charge is 0.516 e. The topological polar surface area (TPSA) is 140 Å². The van der Waals surface area contributed by atoms with Crippen molar-refractivity contribution in [1.82, 2.24) is 9.55 Å². The molecule has 2 heterocycles. The van der Waals surface area contributed by atoms with E-state index in [1.54, 1.807) is 16.9 Å². The Morgan fingerprint density at radius 3 is 2.52 bits per heavy atom. The highest BCUT2D eigenvalue weighted by Crippen LogP contribution is 2.40. The highest BCUT2D eigenvalue weighted by Gasteiger charge is 2.46. The molecule has 0 spiro atoms. The summed E-state index contributed by atoms with van der Waals surface area (Å²) in [5.41, 5.74) is -4.98. The van der Waals surface area contributed by atoms with Gasteiger partial charge in [0.25, 0.3) is 5.95 Å². The third kappa shape index (κ3) is 4.47. The molecule has 0 bridgehead atoms. The van der Waals surface area contributed by atoms with E-state index in [9.17, 15) is 21.6 Å².